The number of carbonyl (C=O) groups excluding carboxylic acids is 3. The normalized spacial score (nSPS) is 15.5. The predicted molar refractivity (Wildman–Crippen MR) is 85.1 cm³/mol. The number of anilines is 1. The van der Waals surface area contributed by atoms with Crippen LogP contribution in [-0.4, -0.2) is 47.0 Å². The van der Waals surface area contributed by atoms with Gasteiger partial charge in [-0.25, -0.2) is 0 Å². The lowest BCUT2D eigenvalue weighted by atomic mass is 10.3. The van der Waals surface area contributed by atoms with Crippen LogP contribution in [0.2, 0.25) is 5.02 Å². The van der Waals surface area contributed by atoms with Gasteiger partial charge in [0.15, 0.2) is 6.10 Å². The third kappa shape index (κ3) is 4.64. The summed E-state index contributed by atoms with van der Waals surface area (Å²) in [6.45, 7) is 1.86. The molecule has 1 atom stereocenters. The van der Waals surface area contributed by atoms with Gasteiger partial charge in [0.2, 0.25) is 0 Å². The van der Waals surface area contributed by atoms with Gasteiger partial charge in [-0.15, -0.1) is 0 Å². The average Bonchev–Trinajstić information content (AvgIpc) is 2.86. The zero-order chi connectivity index (χ0) is 16.1. The Balaban J connectivity index is 1.81. The molecule has 0 saturated carbocycles. The number of halogens is 1. The fourth-order valence-electron chi connectivity index (χ4n) is 1.79. The third-order valence-electron chi connectivity index (χ3n) is 2.95. The molecular formula is C14H15ClN2O4S. The zero-order valence-electron chi connectivity index (χ0n) is 11.9. The van der Waals surface area contributed by atoms with Crippen LogP contribution in [0.1, 0.15) is 6.92 Å². The molecule has 118 valence electrons. The maximum absolute atomic E-state index is 11.9. The van der Waals surface area contributed by atoms with Crippen LogP contribution < -0.4 is 5.32 Å². The highest BCUT2D eigenvalue weighted by Gasteiger charge is 2.26. The van der Waals surface area contributed by atoms with Crippen molar-refractivity contribution < 1.29 is 19.1 Å². The second-order valence-corrected chi connectivity index (χ2v) is 6.15. The lowest BCUT2D eigenvalue weighted by Gasteiger charge is -2.17. The summed E-state index contributed by atoms with van der Waals surface area (Å²) < 4.78 is 5.04. The maximum atomic E-state index is 11.9. The molecule has 1 heterocycles. The van der Waals surface area contributed by atoms with Crippen molar-refractivity contribution in [1.29, 1.82) is 0 Å². The number of carbonyl (C=O) groups is 3. The molecule has 2 amide bonds. The molecule has 6 nitrogen and oxygen atoms in total. The van der Waals surface area contributed by atoms with Crippen LogP contribution in [0, 0.1) is 0 Å². The van der Waals surface area contributed by atoms with E-state index in [1.807, 2.05) is 0 Å². The lowest BCUT2D eigenvalue weighted by molar-refractivity contribution is -0.153. The molecule has 2 rings (SSSR count). The maximum Gasteiger partial charge on any atom is 0.326 e. The summed E-state index contributed by atoms with van der Waals surface area (Å²) in [6, 6.07) is 6.58. The van der Waals surface area contributed by atoms with Crippen LogP contribution in [0.15, 0.2) is 24.3 Å². The quantitative estimate of drug-likeness (QED) is 0.831. The molecule has 1 aliphatic heterocycles. The largest absolute Gasteiger partial charge is 0.451 e. The number of hydrogen-bond acceptors (Lipinski definition) is 5. The van der Waals surface area contributed by atoms with Crippen molar-refractivity contribution in [3.63, 3.8) is 0 Å². The second-order valence-electron chi connectivity index (χ2n) is 4.66. The number of thioether (sulfide) groups is 1. The molecule has 22 heavy (non-hydrogen) atoms. The van der Waals surface area contributed by atoms with Gasteiger partial charge in [0, 0.05) is 23.0 Å². The Morgan fingerprint density at radius 1 is 1.41 bits per heavy atom. The van der Waals surface area contributed by atoms with Crippen LogP contribution in [0.5, 0.6) is 0 Å². The molecule has 8 heteroatoms. The minimum absolute atomic E-state index is 0.135. The Hall–Kier alpha value is -1.73. The Morgan fingerprint density at radius 3 is 2.68 bits per heavy atom. The number of rotatable bonds is 5. The highest BCUT2D eigenvalue weighted by atomic mass is 35.5. The van der Waals surface area contributed by atoms with Gasteiger partial charge in [0.05, 0.1) is 0 Å². The number of nitrogens with zero attached hydrogens (tertiary/aromatic N) is 1. The van der Waals surface area contributed by atoms with E-state index in [9.17, 15) is 14.4 Å². The molecule has 0 radical (unpaired) electrons. The molecule has 1 aromatic carbocycles. The van der Waals surface area contributed by atoms with Crippen molar-refractivity contribution in [1.82, 2.24) is 4.90 Å². The summed E-state index contributed by atoms with van der Waals surface area (Å²) in [4.78, 5) is 36.5. The summed E-state index contributed by atoms with van der Waals surface area (Å²) in [5, 5.41) is 3.03. The molecule has 0 aromatic heterocycles. The first-order valence-corrected chi connectivity index (χ1v) is 7.99. The number of benzene rings is 1. The number of esters is 1. The van der Waals surface area contributed by atoms with Crippen LogP contribution in [0.4, 0.5) is 10.5 Å². The Kier molecular flexibility index (Phi) is 5.68. The van der Waals surface area contributed by atoms with Crippen molar-refractivity contribution in [2.24, 2.45) is 0 Å². The van der Waals surface area contributed by atoms with E-state index in [-0.39, 0.29) is 11.8 Å². The van der Waals surface area contributed by atoms with Crippen LogP contribution in [-0.2, 0) is 14.3 Å². The average molecular weight is 343 g/mol. The van der Waals surface area contributed by atoms with Gasteiger partial charge in [0.25, 0.3) is 11.1 Å². The number of nitrogens with one attached hydrogen (secondary N) is 1. The summed E-state index contributed by atoms with van der Waals surface area (Å²) in [5.41, 5.74) is 0.559. The van der Waals surface area contributed by atoms with E-state index in [1.165, 1.54) is 11.8 Å². The molecule has 1 saturated heterocycles. The fraction of sp³-hybridized carbons (Fsp3) is 0.357. The van der Waals surface area contributed by atoms with E-state index < -0.39 is 18.0 Å². The highest BCUT2D eigenvalue weighted by molar-refractivity contribution is 8.13. The molecule has 0 aliphatic carbocycles. The monoisotopic (exact) mass is 342 g/mol. The Bertz CT molecular complexity index is 579. The molecular weight excluding hydrogens is 328 g/mol. The predicted octanol–water partition coefficient (Wildman–Crippen LogP) is 2.38. The Labute approximate surface area is 137 Å². The van der Waals surface area contributed by atoms with Gasteiger partial charge in [-0.05, 0) is 31.2 Å². The molecule has 1 N–H and O–H groups in total. The van der Waals surface area contributed by atoms with Crippen molar-refractivity contribution in [2.45, 2.75) is 13.0 Å². The summed E-state index contributed by atoms with van der Waals surface area (Å²) in [7, 11) is 0. The minimum atomic E-state index is -0.950. The van der Waals surface area contributed by atoms with Gasteiger partial charge in [0.1, 0.15) is 6.54 Å². The third-order valence-corrected chi connectivity index (χ3v) is 4.10. The molecule has 0 spiro atoms. The highest BCUT2D eigenvalue weighted by Crippen LogP contribution is 2.17. The SMILES string of the molecule is C[C@@H](OC(=O)CN1CCSC1=O)C(=O)Nc1ccc(Cl)cc1. The molecule has 0 unspecified atom stereocenters. The first-order valence-electron chi connectivity index (χ1n) is 6.63. The van der Waals surface area contributed by atoms with Gasteiger partial charge in [-0.1, -0.05) is 23.4 Å². The van der Waals surface area contributed by atoms with E-state index in [0.29, 0.717) is 23.0 Å². The molecule has 1 aliphatic rings. The molecule has 0 bridgehead atoms. The first-order chi connectivity index (χ1) is 10.5. The topological polar surface area (TPSA) is 75.7 Å². The van der Waals surface area contributed by atoms with Crippen molar-refractivity contribution in [3.8, 4) is 0 Å². The van der Waals surface area contributed by atoms with E-state index in [1.54, 1.807) is 24.3 Å². The van der Waals surface area contributed by atoms with Crippen molar-refractivity contribution >= 4 is 46.2 Å². The summed E-state index contributed by atoms with van der Waals surface area (Å²) in [5.74, 6) is -0.383. The van der Waals surface area contributed by atoms with Gasteiger partial charge in [-0.3, -0.25) is 14.4 Å². The minimum Gasteiger partial charge on any atom is -0.451 e. The summed E-state index contributed by atoms with van der Waals surface area (Å²) >= 11 is 6.92. The smallest absolute Gasteiger partial charge is 0.326 e. The van der Waals surface area contributed by atoms with Crippen molar-refractivity contribution in [2.75, 3.05) is 24.2 Å². The number of amides is 2. The Morgan fingerprint density at radius 2 is 2.09 bits per heavy atom. The van der Waals surface area contributed by atoms with Crippen molar-refractivity contribution in [3.05, 3.63) is 29.3 Å². The van der Waals surface area contributed by atoms with Crippen LogP contribution in [0.25, 0.3) is 0 Å². The first kappa shape index (κ1) is 16.6. The summed E-state index contributed by atoms with van der Waals surface area (Å²) in [6.07, 6.45) is -0.950. The van der Waals surface area contributed by atoms with Gasteiger partial charge < -0.3 is 15.0 Å². The molecule has 1 fully saturated rings. The van der Waals surface area contributed by atoms with Gasteiger partial charge in [-0.2, -0.15) is 0 Å². The van der Waals surface area contributed by atoms with E-state index >= 15 is 0 Å². The number of hydrogen-bond donors (Lipinski definition) is 1. The second kappa shape index (κ2) is 7.51. The zero-order valence-corrected chi connectivity index (χ0v) is 13.4. The standard InChI is InChI=1S/C14H15ClN2O4S/c1-9(13(19)16-11-4-2-10(15)3-5-11)21-12(18)8-17-6-7-22-14(17)20/h2-5,9H,6-8H2,1H3,(H,16,19)/t9-/m1/s1. The van der Waals surface area contributed by atoms with E-state index in [0.717, 1.165) is 11.8 Å². The van der Waals surface area contributed by atoms with Crippen LogP contribution >= 0.6 is 23.4 Å². The van der Waals surface area contributed by atoms with E-state index in [4.69, 9.17) is 16.3 Å². The lowest BCUT2D eigenvalue weighted by Crippen LogP contribution is -2.36. The van der Waals surface area contributed by atoms with E-state index in [2.05, 4.69) is 5.32 Å². The number of ether oxygens (including phenoxy) is 1. The molecule has 1 aromatic rings. The fourth-order valence-corrected chi connectivity index (χ4v) is 2.74. The van der Waals surface area contributed by atoms with Gasteiger partial charge >= 0.3 is 5.97 Å². The van der Waals surface area contributed by atoms with Crippen LogP contribution in [0.3, 0.4) is 0 Å².